The molecule has 1 aromatic rings. The summed E-state index contributed by atoms with van der Waals surface area (Å²) in [5.74, 6) is 0. The molecule has 5 heteroatoms. The van der Waals surface area contributed by atoms with Gasteiger partial charge in [0.15, 0.2) is 22.5 Å². The van der Waals surface area contributed by atoms with Crippen LogP contribution in [-0.4, -0.2) is 13.0 Å². The highest BCUT2D eigenvalue weighted by molar-refractivity contribution is 7.85. The van der Waals surface area contributed by atoms with Crippen molar-refractivity contribution in [2.45, 2.75) is 18.7 Å². The van der Waals surface area contributed by atoms with Crippen LogP contribution in [0.3, 0.4) is 0 Å². The monoisotopic (exact) mass is 201 g/mol. The fourth-order valence-electron chi connectivity index (χ4n) is 1.17. The van der Waals surface area contributed by atoms with Crippen molar-refractivity contribution < 1.29 is 17.5 Å². The van der Waals surface area contributed by atoms with E-state index in [0.29, 0.717) is 0 Å². The van der Waals surface area contributed by atoms with Gasteiger partial charge in [0.25, 0.3) is 0 Å². The first-order valence-electron chi connectivity index (χ1n) is 3.96. The molecule has 4 nitrogen and oxygen atoms in total. The quantitative estimate of drug-likeness (QED) is 0.526. The van der Waals surface area contributed by atoms with Crippen molar-refractivity contribution in [1.29, 1.82) is 0 Å². The summed E-state index contributed by atoms with van der Waals surface area (Å²) in [5.41, 5.74) is 0. The van der Waals surface area contributed by atoms with Crippen molar-refractivity contribution in [1.82, 2.24) is 0 Å². The van der Waals surface area contributed by atoms with Gasteiger partial charge in [0.1, 0.15) is 0 Å². The van der Waals surface area contributed by atoms with Gasteiger partial charge < -0.3 is 4.55 Å². The van der Waals surface area contributed by atoms with Crippen molar-refractivity contribution in [2.75, 3.05) is 0 Å². The largest absolute Gasteiger partial charge is 0.743 e. The summed E-state index contributed by atoms with van der Waals surface area (Å²) < 4.78 is 33.8. The summed E-state index contributed by atoms with van der Waals surface area (Å²) in [5, 5.41) is -0.992. The van der Waals surface area contributed by atoms with Crippen LogP contribution < -0.4 is 4.57 Å². The lowest BCUT2D eigenvalue weighted by atomic mass is 10.4. The molecule has 0 aliphatic rings. The Morgan fingerprint density at radius 3 is 2.23 bits per heavy atom. The van der Waals surface area contributed by atoms with Crippen LogP contribution in [0.1, 0.15) is 18.7 Å². The van der Waals surface area contributed by atoms with Crippen LogP contribution in [0.4, 0.5) is 0 Å². The Morgan fingerprint density at radius 1 is 1.31 bits per heavy atom. The predicted octanol–water partition coefficient (Wildman–Crippen LogP) is 0.428. The van der Waals surface area contributed by atoms with E-state index in [1.165, 1.54) is 4.57 Å². The molecule has 1 unspecified atom stereocenters. The molecule has 0 amide bonds. The third-order valence-corrected chi connectivity index (χ3v) is 3.00. The second-order valence-electron chi connectivity index (χ2n) is 2.68. The highest BCUT2D eigenvalue weighted by Gasteiger charge is 2.22. The maximum atomic E-state index is 10.8. The van der Waals surface area contributed by atoms with Gasteiger partial charge in [-0.2, -0.15) is 4.57 Å². The molecule has 0 aliphatic heterocycles. The van der Waals surface area contributed by atoms with Gasteiger partial charge in [-0.25, -0.2) is 8.42 Å². The normalized spacial score (nSPS) is 14.0. The van der Waals surface area contributed by atoms with Gasteiger partial charge in [0.05, 0.1) is 0 Å². The molecule has 13 heavy (non-hydrogen) atoms. The number of hydrogen-bond acceptors (Lipinski definition) is 3. The first kappa shape index (κ1) is 10.1. The van der Waals surface area contributed by atoms with Crippen LogP contribution in [0, 0.1) is 0 Å². The minimum atomic E-state index is -4.26. The van der Waals surface area contributed by atoms with Gasteiger partial charge >= 0.3 is 0 Å². The minimum absolute atomic E-state index is 0.278. The highest BCUT2D eigenvalue weighted by Crippen LogP contribution is 2.08. The summed E-state index contributed by atoms with van der Waals surface area (Å²) in [4.78, 5) is 0. The molecule has 0 saturated heterocycles. The summed E-state index contributed by atoms with van der Waals surface area (Å²) in [6, 6.07) is 5.14. The van der Waals surface area contributed by atoms with Gasteiger partial charge in [-0.15, -0.1) is 0 Å². The van der Waals surface area contributed by atoms with E-state index in [-0.39, 0.29) is 6.42 Å². The van der Waals surface area contributed by atoms with Gasteiger partial charge in [-0.05, 0) is 0 Å². The average Bonchev–Trinajstić information content (AvgIpc) is 2.05. The molecule has 0 aromatic carbocycles. The zero-order valence-corrected chi connectivity index (χ0v) is 8.07. The summed E-state index contributed by atoms with van der Waals surface area (Å²) >= 11 is 0. The van der Waals surface area contributed by atoms with Crippen LogP contribution in [-0.2, 0) is 10.1 Å². The molecular formula is C8H11NO3S. The van der Waals surface area contributed by atoms with E-state index >= 15 is 0 Å². The Morgan fingerprint density at radius 2 is 1.85 bits per heavy atom. The van der Waals surface area contributed by atoms with Gasteiger partial charge in [-0.1, -0.05) is 13.0 Å². The Hall–Kier alpha value is -0.940. The fraction of sp³-hybridized carbons (Fsp3) is 0.375. The summed E-state index contributed by atoms with van der Waals surface area (Å²) in [6.45, 7) is 1.67. The number of hydrogen-bond donors (Lipinski definition) is 0. The van der Waals surface area contributed by atoms with Crippen molar-refractivity contribution in [3.05, 3.63) is 30.6 Å². The second-order valence-corrected chi connectivity index (χ2v) is 4.21. The Labute approximate surface area is 77.6 Å². The van der Waals surface area contributed by atoms with Crippen molar-refractivity contribution in [3.63, 3.8) is 0 Å². The summed E-state index contributed by atoms with van der Waals surface area (Å²) in [6.07, 6.45) is 3.42. The van der Waals surface area contributed by atoms with Crippen molar-refractivity contribution >= 4 is 10.1 Å². The van der Waals surface area contributed by atoms with Gasteiger partial charge in [0.2, 0.25) is 5.37 Å². The second kappa shape index (κ2) is 3.85. The molecule has 1 rings (SSSR count). The first-order chi connectivity index (χ1) is 6.05. The number of pyridine rings is 1. The lowest BCUT2D eigenvalue weighted by molar-refractivity contribution is -0.702. The molecule has 1 heterocycles. The molecule has 1 aromatic heterocycles. The minimum Gasteiger partial charge on any atom is -0.743 e. The highest BCUT2D eigenvalue weighted by atomic mass is 32.2. The zero-order valence-electron chi connectivity index (χ0n) is 7.25. The molecule has 0 radical (unpaired) electrons. The van der Waals surface area contributed by atoms with Crippen LogP contribution in [0.2, 0.25) is 0 Å². The van der Waals surface area contributed by atoms with E-state index in [4.69, 9.17) is 0 Å². The van der Waals surface area contributed by atoms with Gasteiger partial charge in [0, 0.05) is 18.6 Å². The third kappa shape index (κ3) is 2.50. The standard InChI is InChI=1S/C8H11NO3S/c1-2-8(13(10,11)12)9-6-4-3-5-7-9/h3-8H,2H2,1H3. The van der Waals surface area contributed by atoms with Crippen molar-refractivity contribution in [2.24, 2.45) is 0 Å². The summed E-state index contributed by atoms with van der Waals surface area (Å²) in [7, 11) is -4.26. The van der Waals surface area contributed by atoms with E-state index in [1.54, 1.807) is 37.5 Å². The Bertz CT molecular complexity index is 360. The Balaban J connectivity index is 3.06. The van der Waals surface area contributed by atoms with Crippen LogP contribution in [0.5, 0.6) is 0 Å². The molecule has 0 saturated carbocycles. The zero-order chi connectivity index (χ0) is 9.90. The maximum absolute atomic E-state index is 10.8. The first-order valence-corrected chi connectivity index (χ1v) is 5.43. The molecule has 0 spiro atoms. The average molecular weight is 201 g/mol. The third-order valence-electron chi connectivity index (χ3n) is 1.75. The van der Waals surface area contributed by atoms with Crippen LogP contribution in [0.15, 0.2) is 30.6 Å². The number of nitrogens with zero attached hydrogens (tertiary/aromatic N) is 1. The fourth-order valence-corrected chi connectivity index (χ4v) is 2.01. The smallest absolute Gasteiger partial charge is 0.245 e. The molecule has 1 atom stereocenters. The van der Waals surface area contributed by atoms with Crippen LogP contribution >= 0.6 is 0 Å². The maximum Gasteiger partial charge on any atom is 0.245 e. The molecule has 0 aliphatic carbocycles. The van der Waals surface area contributed by atoms with E-state index < -0.39 is 15.5 Å². The van der Waals surface area contributed by atoms with E-state index in [1.807, 2.05) is 0 Å². The lowest BCUT2D eigenvalue weighted by Gasteiger charge is -2.13. The van der Waals surface area contributed by atoms with Crippen molar-refractivity contribution in [3.8, 4) is 0 Å². The molecule has 72 valence electrons. The lowest BCUT2D eigenvalue weighted by Crippen LogP contribution is -2.42. The van der Waals surface area contributed by atoms with E-state index in [9.17, 15) is 13.0 Å². The molecular weight excluding hydrogens is 190 g/mol. The van der Waals surface area contributed by atoms with E-state index in [2.05, 4.69) is 0 Å². The number of aromatic nitrogens is 1. The van der Waals surface area contributed by atoms with E-state index in [0.717, 1.165) is 0 Å². The van der Waals surface area contributed by atoms with Crippen LogP contribution in [0.25, 0.3) is 0 Å². The topological polar surface area (TPSA) is 61.1 Å². The molecule has 0 bridgehead atoms. The molecule has 0 fully saturated rings. The SMILES string of the molecule is CCC([n+]1ccccc1)S(=O)(=O)[O-]. The Kier molecular flexibility index (Phi) is 3.00. The number of rotatable bonds is 3. The van der Waals surface area contributed by atoms with Gasteiger partial charge in [-0.3, -0.25) is 0 Å². The predicted molar refractivity (Wildman–Crippen MR) is 45.7 cm³/mol. The molecule has 0 N–H and O–H groups in total.